The Hall–Kier alpha value is -2.08. The fourth-order valence-corrected chi connectivity index (χ4v) is 3.60. The summed E-state index contributed by atoms with van der Waals surface area (Å²) < 4.78 is 13.8. The van der Waals surface area contributed by atoms with Crippen LogP contribution in [0.4, 0.5) is 4.39 Å². The molecule has 0 aliphatic carbocycles. The van der Waals surface area contributed by atoms with E-state index in [-0.39, 0.29) is 5.91 Å². The minimum absolute atomic E-state index is 0.334. The van der Waals surface area contributed by atoms with Crippen LogP contribution in [0, 0.1) is 5.82 Å². The molecular weight excluding hydrogens is 293 g/mol. The SMILES string of the molecule is O=C(O)C1CSCN1C(=O)c1ccc(F)c2ccccc12. The van der Waals surface area contributed by atoms with Crippen molar-refractivity contribution in [3.05, 3.63) is 47.8 Å². The minimum Gasteiger partial charge on any atom is -0.480 e. The van der Waals surface area contributed by atoms with E-state index in [1.54, 1.807) is 24.3 Å². The van der Waals surface area contributed by atoms with Crippen LogP contribution < -0.4 is 0 Å². The number of carboxylic acid groups (broad SMARTS) is 1. The maximum atomic E-state index is 13.8. The summed E-state index contributed by atoms with van der Waals surface area (Å²) in [6.07, 6.45) is 0. The molecule has 1 aliphatic rings. The maximum Gasteiger partial charge on any atom is 0.327 e. The number of thioether (sulfide) groups is 1. The van der Waals surface area contributed by atoms with Gasteiger partial charge in [-0.1, -0.05) is 24.3 Å². The Labute approximate surface area is 124 Å². The average molecular weight is 305 g/mol. The van der Waals surface area contributed by atoms with E-state index in [4.69, 9.17) is 5.11 Å². The van der Waals surface area contributed by atoms with Gasteiger partial charge in [0.2, 0.25) is 0 Å². The van der Waals surface area contributed by atoms with Crippen molar-refractivity contribution in [2.75, 3.05) is 11.6 Å². The van der Waals surface area contributed by atoms with Crippen molar-refractivity contribution >= 4 is 34.4 Å². The fraction of sp³-hybridized carbons (Fsp3) is 0.200. The molecule has 3 rings (SSSR count). The highest BCUT2D eigenvalue weighted by atomic mass is 32.2. The van der Waals surface area contributed by atoms with Crippen LogP contribution >= 0.6 is 11.8 Å². The van der Waals surface area contributed by atoms with Crippen LogP contribution in [0.5, 0.6) is 0 Å². The first kappa shape index (κ1) is 13.9. The molecule has 6 heteroatoms. The summed E-state index contributed by atoms with van der Waals surface area (Å²) in [5.41, 5.74) is 0.334. The van der Waals surface area contributed by atoms with E-state index in [0.717, 1.165) is 0 Å². The van der Waals surface area contributed by atoms with Gasteiger partial charge in [-0.25, -0.2) is 9.18 Å². The summed E-state index contributed by atoms with van der Waals surface area (Å²) in [5.74, 6) is -1.07. The number of halogens is 1. The van der Waals surface area contributed by atoms with E-state index in [1.807, 2.05) is 0 Å². The Kier molecular flexibility index (Phi) is 3.55. The number of carbonyl (C=O) groups excluding carboxylic acids is 1. The van der Waals surface area contributed by atoms with Crippen LogP contribution in [-0.4, -0.2) is 39.6 Å². The number of amides is 1. The van der Waals surface area contributed by atoms with Gasteiger partial charge in [-0.05, 0) is 17.5 Å². The van der Waals surface area contributed by atoms with Gasteiger partial charge in [-0.15, -0.1) is 11.8 Å². The molecule has 1 heterocycles. The van der Waals surface area contributed by atoms with Crippen LogP contribution in [-0.2, 0) is 4.79 Å². The zero-order valence-electron chi connectivity index (χ0n) is 11.0. The van der Waals surface area contributed by atoms with Gasteiger partial charge < -0.3 is 10.0 Å². The monoisotopic (exact) mass is 305 g/mol. The Morgan fingerprint density at radius 3 is 2.62 bits per heavy atom. The number of fused-ring (bicyclic) bond motifs is 1. The molecule has 0 radical (unpaired) electrons. The van der Waals surface area contributed by atoms with Crippen LogP contribution in [0.1, 0.15) is 10.4 Å². The molecule has 4 nitrogen and oxygen atoms in total. The molecule has 0 aromatic heterocycles. The third-order valence-corrected chi connectivity index (χ3v) is 4.54. The van der Waals surface area contributed by atoms with Crippen LogP contribution in [0.2, 0.25) is 0 Å². The number of hydrogen-bond acceptors (Lipinski definition) is 3. The van der Waals surface area contributed by atoms with E-state index in [9.17, 15) is 14.0 Å². The molecule has 0 saturated carbocycles. The fourth-order valence-electron chi connectivity index (χ4n) is 2.45. The van der Waals surface area contributed by atoms with Crippen molar-refractivity contribution in [2.45, 2.75) is 6.04 Å². The molecule has 108 valence electrons. The highest BCUT2D eigenvalue weighted by Crippen LogP contribution is 2.27. The number of aliphatic carboxylic acids is 1. The Morgan fingerprint density at radius 1 is 1.19 bits per heavy atom. The molecule has 1 aliphatic heterocycles. The second kappa shape index (κ2) is 5.37. The van der Waals surface area contributed by atoms with Gasteiger partial charge in [-0.2, -0.15) is 0 Å². The second-order valence-corrected chi connectivity index (χ2v) is 5.77. The molecule has 0 bridgehead atoms. The Bertz CT molecular complexity index is 734. The number of hydrogen-bond donors (Lipinski definition) is 1. The van der Waals surface area contributed by atoms with Gasteiger partial charge in [0.1, 0.15) is 11.9 Å². The highest BCUT2D eigenvalue weighted by molar-refractivity contribution is 7.99. The highest BCUT2D eigenvalue weighted by Gasteiger charge is 2.35. The van der Waals surface area contributed by atoms with Crippen molar-refractivity contribution in [3.8, 4) is 0 Å². The first-order chi connectivity index (χ1) is 10.1. The minimum atomic E-state index is -1.01. The summed E-state index contributed by atoms with van der Waals surface area (Å²) in [7, 11) is 0. The van der Waals surface area contributed by atoms with Crippen LogP contribution in [0.3, 0.4) is 0 Å². The summed E-state index contributed by atoms with van der Waals surface area (Å²) in [5, 5.41) is 10.0. The largest absolute Gasteiger partial charge is 0.480 e. The zero-order valence-corrected chi connectivity index (χ0v) is 11.8. The second-order valence-electron chi connectivity index (χ2n) is 4.77. The molecule has 2 aromatic carbocycles. The maximum absolute atomic E-state index is 13.8. The number of carbonyl (C=O) groups is 2. The van der Waals surface area contributed by atoms with Crippen molar-refractivity contribution < 1.29 is 19.1 Å². The van der Waals surface area contributed by atoms with Gasteiger partial charge in [-0.3, -0.25) is 4.79 Å². The molecule has 1 atom stereocenters. The Balaban J connectivity index is 2.06. The number of carboxylic acids is 1. The first-order valence-electron chi connectivity index (χ1n) is 6.38. The number of nitrogens with zero attached hydrogens (tertiary/aromatic N) is 1. The standard InChI is InChI=1S/C15H12FNO3S/c16-12-6-5-11(9-3-1-2-4-10(9)12)14(18)17-8-21-7-13(17)15(19)20/h1-6,13H,7-8H2,(H,19,20). The van der Waals surface area contributed by atoms with Crippen molar-refractivity contribution in [2.24, 2.45) is 0 Å². The molecule has 1 amide bonds. The van der Waals surface area contributed by atoms with Crippen LogP contribution in [0.25, 0.3) is 10.8 Å². The van der Waals surface area contributed by atoms with Crippen LogP contribution in [0.15, 0.2) is 36.4 Å². The molecule has 1 N–H and O–H groups in total. The van der Waals surface area contributed by atoms with Gasteiger partial charge in [0.25, 0.3) is 5.91 Å². The van der Waals surface area contributed by atoms with Gasteiger partial charge in [0, 0.05) is 16.7 Å². The van der Waals surface area contributed by atoms with Crippen molar-refractivity contribution in [3.63, 3.8) is 0 Å². The molecular formula is C15H12FNO3S. The third kappa shape index (κ3) is 2.35. The van der Waals surface area contributed by atoms with E-state index in [2.05, 4.69) is 0 Å². The first-order valence-corrected chi connectivity index (χ1v) is 7.54. The van der Waals surface area contributed by atoms with E-state index in [1.165, 1.54) is 28.8 Å². The lowest BCUT2D eigenvalue weighted by Gasteiger charge is -2.21. The Morgan fingerprint density at radius 2 is 1.90 bits per heavy atom. The molecule has 2 aromatic rings. The van der Waals surface area contributed by atoms with Crippen molar-refractivity contribution in [1.29, 1.82) is 0 Å². The average Bonchev–Trinajstić information content (AvgIpc) is 2.97. The van der Waals surface area contributed by atoms with Crippen molar-refractivity contribution in [1.82, 2.24) is 4.90 Å². The molecule has 1 unspecified atom stereocenters. The lowest BCUT2D eigenvalue weighted by Crippen LogP contribution is -2.41. The number of benzene rings is 2. The topological polar surface area (TPSA) is 57.6 Å². The van der Waals surface area contributed by atoms with E-state index < -0.39 is 17.8 Å². The predicted molar refractivity (Wildman–Crippen MR) is 78.8 cm³/mol. The van der Waals surface area contributed by atoms with Gasteiger partial charge in [0.05, 0.1) is 5.88 Å². The summed E-state index contributed by atoms with van der Waals surface area (Å²) >= 11 is 1.40. The molecule has 21 heavy (non-hydrogen) atoms. The molecule has 1 saturated heterocycles. The third-order valence-electron chi connectivity index (χ3n) is 3.53. The summed E-state index contributed by atoms with van der Waals surface area (Å²) in [6.45, 7) is 0. The predicted octanol–water partition coefficient (Wildman–Crippen LogP) is 2.58. The lowest BCUT2D eigenvalue weighted by atomic mass is 10.0. The molecule has 1 fully saturated rings. The number of rotatable bonds is 2. The normalized spacial score (nSPS) is 18.1. The quantitative estimate of drug-likeness (QED) is 0.926. The zero-order chi connectivity index (χ0) is 15.0. The van der Waals surface area contributed by atoms with Gasteiger partial charge >= 0.3 is 5.97 Å². The lowest BCUT2D eigenvalue weighted by molar-refractivity contribution is -0.140. The summed E-state index contributed by atoms with van der Waals surface area (Å²) in [6, 6.07) is 8.54. The molecule has 0 spiro atoms. The summed E-state index contributed by atoms with van der Waals surface area (Å²) in [4.78, 5) is 25.1. The van der Waals surface area contributed by atoms with E-state index in [0.29, 0.717) is 28.0 Å². The smallest absolute Gasteiger partial charge is 0.327 e. The van der Waals surface area contributed by atoms with E-state index >= 15 is 0 Å². The van der Waals surface area contributed by atoms with Gasteiger partial charge in [0.15, 0.2) is 0 Å².